The molecular weight excluding hydrogens is 280 g/mol. The van der Waals surface area contributed by atoms with E-state index < -0.39 is 0 Å². The quantitative estimate of drug-likeness (QED) is 0.629. The molecule has 0 atom stereocenters. The summed E-state index contributed by atoms with van der Waals surface area (Å²) in [6, 6.07) is 7.28. The minimum Gasteiger partial charge on any atom is -0.462 e. The maximum atomic E-state index is 11.6. The number of ether oxygens (including phenoxy) is 1. The lowest BCUT2D eigenvalue weighted by molar-refractivity contribution is -0.682. The highest BCUT2D eigenvalue weighted by atomic mass is 16.5. The summed E-state index contributed by atoms with van der Waals surface area (Å²) in [6.07, 6.45) is 5.53. The first-order valence-corrected chi connectivity index (χ1v) is 7.15. The maximum absolute atomic E-state index is 11.6. The van der Waals surface area contributed by atoms with E-state index in [0.717, 1.165) is 17.3 Å². The molecule has 5 nitrogen and oxygen atoms in total. The van der Waals surface area contributed by atoms with E-state index in [2.05, 4.69) is 0 Å². The molecule has 2 rings (SSSR count). The second-order valence-corrected chi connectivity index (χ2v) is 4.97. The fourth-order valence-electron chi connectivity index (χ4n) is 1.94. The molecule has 0 aliphatic carbocycles. The monoisotopic (exact) mass is 301 g/mol. The molecule has 5 heteroatoms. The number of aryl methyl sites for hydroxylation is 1. The molecule has 0 amide bonds. The minimum absolute atomic E-state index is 0.301. The Morgan fingerprint density at radius 2 is 2.05 bits per heavy atom. The zero-order chi connectivity index (χ0) is 16.1. The van der Waals surface area contributed by atoms with Crippen LogP contribution in [0, 0.1) is 6.92 Å². The number of nitrogens with zero attached hydrogens (tertiary/aromatic N) is 2. The molecule has 0 spiro atoms. The van der Waals surface area contributed by atoms with Crippen LogP contribution in [-0.4, -0.2) is 19.6 Å². The Morgan fingerprint density at radius 3 is 2.59 bits per heavy atom. The van der Waals surface area contributed by atoms with Crippen molar-refractivity contribution in [1.29, 1.82) is 0 Å². The molecule has 0 radical (unpaired) electrons. The van der Waals surface area contributed by atoms with Gasteiger partial charge in [-0.25, -0.2) is 4.79 Å². The van der Waals surface area contributed by atoms with Crippen molar-refractivity contribution in [3.63, 3.8) is 0 Å². The van der Waals surface area contributed by atoms with E-state index in [9.17, 15) is 4.79 Å². The van der Waals surface area contributed by atoms with E-state index in [1.165, 1.54) is 0 Å². The van der Waals surface area contributed by atoms with Gasteiger partial charge in [-0.3, -0.25) is 0 Å². The summed E-state index contributed by atoms with van der Waals surface area (Å²) in [4.78, 5) is 13.6. The van der Waals surface area contributed by atoms with E-state index in [1.54, 1.807) is 25.3 Å². The number of hydrogen-bond acceptors (Lipinski definition) is 4. The third kappa shape index (κ3) is 3.55. The summed E-state index contributed by atoms with van der Waals surface area (Å²) in [6.45, 7) is 4.16. The number of carbonyl (C=O) groups is 1. The highest BCUT2D eigenvalue weighted by molar-refractivity contribution is 5.89. The van der Waals surface area contributed by atoms with Crippen molar-refractivity contribution in [2.24, 2.45) is 7.05 Å². The van der Waals surface area contributed by atoms with Crippen LogP contribution < -0.4 is 9.47 Å². The minimum atomic E-state index is -0.301. The lowest BCUT2D eigenvalue weighted by atomic mass is 10.2. The summed E-state index contributed by atoms with van der Waals surface area (Å²) in [5.41, 5.74) is 2.58. The Labute approximate surface area is 130 Å². The third-order valence-corrected chi connectivity index (χ3v) is 3.44. The van der Waals surface area contributed by atoms with Crippen LogP contribution in [0.3, 0.4) is 0 Å². The van der Waals surface area contributed by atoms with Crippen LogP contribution in [0.15, 0.2) is 41.1 Å². The zero-order valence-corrected chi connectivity index (χ0v) is 13.4. The molecule has 0 saturated heterocycles. The molecule has 0 bridgehead atoms. The summed E-state index contributed by atoms with van der Waals surface area (Å²) >= 11 is 0. The van der Waals surface area contributed by atoms with Gasteiger partial charge in [0, 0.05) is 25.9 Å². The van der Waals surface area contributed by atoms with Gasteiger partial charge in [0.1, 0.15) is 7.05 Å². The van der Waals surface area contributed by atoms with Crippen molar-refractivity contribution in [3.05, 3.63) is 53.9 Å². The van der Waals surface area contributed by atoms with Crippen LogP contribution in [0.5, 0.6) is 0 Å². The molecule has 0 N–H and O–H groups in total. The highest BCUT2D eigenvalue weighted by Gasteiger charge is 2.11. The predicted molar refractivity (Wildman–Crippen MR) is 84.5 cm³/mol. The number of rotatable bonds is 5. The Morgan fingerprint density at radius 1 is 1.36 bits per heavy atom. The van der Waals surface area contributed by atoms with Gasteiger partial charge in [0.2, 0.25) is 5.69 Å². The fraction of sp³-hybridized carbons (Fsp3) is 0.294. The first-order valence-electron chi connectivity index (χ1n) is 7.15. The lowest BCUT2D eigenvalue weighted by Crippen LogP contribution is -2.31. The van der Waals surface area contributed by atoms with Crippen LogP contribution in [-0.2, 0) is 11.8 Å². The Bertz CT molecular complexity index is 672. The predicted octanol–water partition coefficient (Wildman–Crippen LogP) is 2.70. The number of aromatic nitrogens is 1. The topological polar surface area (TPSA) is 46.6 Å². The molecule has 0 unspecified atom stereocenters. The maximum Gasteiger partial charge on any atom is 0.374 e. The van der Waals surface area contributed by atoms with Gasteiger partial charge in [0.25, 0.3) is 0 Å². The van der Waals surface area contributed by atoms with E-state index >= 15 is 0 Å². The Kier molecular flexibility index (Phi) is 4.99. The van der Waals surface area contributed by atoms with Gasteiger partial charge in [-0.1, -0.05) is 0 Å². The van der Waals surface area contributed by atoms with Crippen LogP contribution in [0.4, 0.5) is 5.69 Å². The lowest BCUT2D eigenvalue weighted by Gasteiger charge is -2.13. The molecular formula is C17H21N2O3+. The second-order valence-electron chi connectivity index (χ2n) is 4.97. The van der Waals surface area contributed by atoms with E-state index in [-0.39, 0.29) is 5.97 Å². The summed E-state index contributed by atoms with van der Waals surface area (Å²) in [5.74, 6) is 0.470. The summed E-state index contributed by atoms with van der Waals surface area (Å²) < 4.78 is 12.4. The van der Waals surface area contributed by atoms with Crippen molar-refractivity contribution >= 4 is 17.7 Å². The molecule has 1 aromatic heterocycles. The molecule has 0 aliphatic rings. The molecule has 22 heavy (non-hydrogen) atoms. The third-order valence-electron chi connectivity index (χ3n) is 3.44. The largest absolute Gasteiger partial charge is 0.462 e. The van der Waals surface area contributed by atoms with Gasteiger partial charge >= 0.3 is 11.9 Å². The molecule has 1 aromatic carbocycles. The van der Waals surface area contributed by atoms with Gasteiger partial charge in [-0.15, -0.1) is 0 Å². The molecule has 1 heterocycles. The Hall–Kier alpha value is -2.56. The van der Waals surface area contributed by atoms with Crippen molar-refractivity contribution in [1.82, 2.24) is 0 Å². The first-order chi connectivity index (χ1) is 10.5. The SMILES string of the molecule is CCOC(=O)c1ccc(N(C)C=Cc2occ(C)[n+]2C)cc1. The van der Waals surface area contributed by atoms with Crippen LogP contribution in [0.1, 0.15) is 28.9 Å². The second kappa shape index (κ2) is 6.93. The van der Waals surface area contributed by atoms with Crippen LogP contribution >= 0.6 is 0 Å². The summed E-state index contributed by atoms with van der Waals surface area (Å²) in [7, 11) is 3.89. The molecule has 0 aliphatic heterocycles. The van der Waals surface area contributed by atoms with Crippen LogP contribution in [0.25, 0.3) is 6.08 Å². The molecule has 116 valence electrons. The fourth-order valence-corrected chi connectivity index (χ4v) is 1.94. The standard InChI is InChI=1S/C17H21N2O3/c1-5-21-17(20)14-6-8-15(9-7-14)18(3)11-10-16-19(4)13(2)12-22-16/h6-12H,5H2,1-4H3/q+1. The normalized spacial score (nSPS) is 10.9. The van der Waals surface area contributed by atoms with Crippen molar-refractivity contribution < 1.29 is 18.5 Å². The number of carbonyl (C=O) groups excluding carboxylic acids is 1. The summed E-state index contributed by atoms with van der Waals surface area (Å²) in [5, 5.41) is 0. The molecule has 0 saturated carbocycles. The van der Waals surface area contributed by atoms with Crippen molar-refractivity contribution in [2.75, 3.05) is 18.6 Å². The highest BCUT2D eigenvalue weighted by Crippen LogP contribution is 2.15. The van der Waals surface area contributed by atoms with Crippen LogP contribution in [0.2, 0.25) is 0 Å². The van der Waals surface area contributed by atoms with Gasteiger partial charge in [0.15, 0.2) is 6.26 Å². The van der Waals surface area contributed by atoms with Gasteiger partial charge in [-0.05, 0) is 31.2 Å². The first kappa shape index (κ1) is 15.8. The van der Waals surface area contributed by atoms with E-state index in [4.69, 9.17) is 9.15 Å². The van der Waals surface area contributed by atoms with E-state index in [0.29, 0.717) is 12.2 Å². The average molecular weight is 301 g/mol. The van der Waals surface area contributed by atoms with Gasteiger partial charge < -0.3 is 14.1 Å². The van der Waals surface area contributed by atoms with Gasteiger partial charge in [0.05, 0.1) is 18.2 Å². The van der Waals surface area contributed by atoms with Gasteiger partial charge in [-0.2, -0.15) is 4.57 Å². The number of anilines is 1. The molecule has 2 aromatic rings. The average Bonchev–Trinajstić information content (AvgIpc) is 2.84. The van der Waals surface area contributed by atoms with Crippen molar-refractivity contribution in [3.8, 4) is 0 Å². The number of esters is 1. The van der Waals surface area contributed by atoms with Crippen molar-refractivity contribution in [2.45, 2.75) is 13.8 Å². The number of benzene rings is 1. The zero-order valence-electron chi connectivity index (χ0n) is 13.4. The smallest absolute Gasteiger partial charge is 0.374 e. The molecule has 0 fully saturated rings. The Balaban J connectivity index is 2.08. The number of oxazole rings is 1. The van der Waals surface area contributed by atoms with E-state index in [1.807, 2.05) is 54.9 Å². The number of hydrogen-bond donors (Lipinski definition) is 0.